The van der Waals surface area contributed by atoms with Gasteiger partial charge in [-0.2, -0.15) is 5.26 Å². The fourth-order valence-corrected chi connectivity index (χ4v) is 10.8. The van der Waals surface area contributed by atoms with E-state index in [0.717, 1.165) is 16.7 Å². The van der Waals surface area contributed by atoms with Crippen LogP contribution >= 0.6 is 8.53 Å². The molecule has 0 spiro atoms. The summed E-state index contributed by atoms with van der Waals surface area (Å²) in [7, 11) is 1.61. The molecule has 0 radical (unpaired) electrons. The summed E-state index contributed by atoms with van der Waals surface area (Å²) >= 11 is 0. The maximum absolute atomic E-state index is 12.5. The summed E-state index contributed by atoms with van der Waals surface area (Å²) < 4.78 is 66.5. The second-order valence-corrected chi connectivity index (χ2v) is 24.4. The molecule has 1 aliphatic rings. The molecule has 5 atom stereocenters. The summed E-state index contributed by atoms with van der Waals surface area (Å²) in [5, 5.41) is 21.8. The number of hydrogen-bond donors (Lipinski definition) is 0. The molecular formula is C50H68N3O12PSi. The molecule has 0 amide bonds. The maximum atomic E-state index is 12.5. The standard InChI is InChI=1S/C50H68N3O12PSi/c1-34(2)52(35(3)4)66(62-29-17-28-51)64-46-45(33-61-50(37-18-15-14-16-19-37,38-20-24-40(56-8)25-21-38)39-22-26-41(57-9)27-23-39)63-48(47(46)65-67(12,13)49(5,6)7)60-32-36-30-43(58-10)44(59-11)31-42(36)53(54)55/h14-16,18-27,30-31,34-35,45-48H,17,29,32-33H2,1-13H3/t45-,46-,47-,48+,66?/m1/s1. The number of methoxy groups -OCH3 is 4. The average molecular weight is 962 g/mol. The van der Waals surface area contributed by atoms with E-state index < -0.39 is 52.0 Å². The van der Waals surface area contributed by atoms with Crippen LogP contribution in [0.2, 0.25) is 18.1 Å². The molecule has 5 rings (SSSR count). The lowest BCUT2D eigenvalue weighted by Crippen LogP contribution is -2.51. The van der Waals surface area contributed by atoms with Crippen LogP contribution < -0.4 is 18.9 Å². The van der Waals surface area contributed by atoms with Crippen LogP contribution in [0, 0.1) is 21.4 Å². The van der Waals surface area contributed by atoms with Gasteiger partial charge < -0.3 is 46.6 Å². The molecular weight excluding hydrogens is 894 g/mol. The molecule has 0 saturated carbocycles. The van der Waals surface area contributed by atoms with Crippen molar-refractivity contribution in [1.82, 2.24) is 4.67 Å². The molecule has 364 valence electrons. The lowest BCUT2D eigenvalue weighted by atomic mass is 9.80. The van der Waals surface area contributed by atoms with Gasteiger partial charge in [0.05, 0.1) is 77.3 Å². The van der Waals surface area contributed by atoms with Crippen molar-refractivity contribution in [1.29, 1.82) is 5.26 Å². The van der Waals surface area contributed by atoms with Crippen LogP contribution in [-0.4, -0.2) is 96.2 Å². The third kappa shape index (κ3) is 12.5. The summed E-state index contributed by atoms with van der Waals surface area (Å²) in [6, 6.07) is 30.5. The molecule has 1 fully saturated rings. The highest BCUT2D eigenvalue weighted by Gasteiger charge is 2.54. The van der Waals surface area contributed by atoms with E-state index in [-0.39, 0.29) is 60.4 Å². The molecule has 0 N–H and O–H groups in total. The van der Waals surface area contributed by atoms with Crippen LogP contribution in [0.5, 0.6) is 23.0 Å². The molecule has 0 bridgehead atoms. The molecule has 67 heavy (non-hydrogen) atoms. The molecule has 1 aliphatic heterocycles. The van der Waals surface area contributed by atoms with E-state index in [2.05, 4.69) is 72.3 Å². The highest BCUT2D eigenvalue weighted by molar-refractivity contribution is 7.44. The molecule has 0 aromatic heterocycles. The molecule has 15 nitrogen and oxygen atoms in total. The van der Waals surface area contributed by atoms with Crippen LogP contribution in [0.1, 0.15) is 77.1 Å². The predicted octanol–water partition coefficient (Wildman–Crippen LogP) is 10.9. The number of hydrogen-bond acceptors (Lipinski definition) is 14. The zero-order valence-electron chi connectivity index (χ0n) is 41.1. The largest absolute Gasteiger partial charge is 0.497 e. The van der Waals surface area contributed by atoms with Crippen molar-refractivity contribution in [2.45, 2.75) is 122 Å². The molecule has 0 aliphatic carbocycles. The molecule has 1 heterocycles. The van der Waals surface area contributed by atoms with E-state index in [1.165, 1.54) is 26.4 Å². The number of rotatable bonds is 24. The van der Waals surface area contributed by atoms with Crippen molar-refractivity contribution in [3.63, 3.8) is 0 Å². The number of nitriles is 1. The normalized spacial score (nSPS) is 18.3. The van der Waals surface area contributed by atoms with Crippen molar-refractivity contribution in [2.75, 3.05) is 41.7 Å². The van der Waals surface area contributed by atoms with Gasteiger partial charge in [-0.3, -0.25) is 10.1 Å². The van der Waals surface area contributed by atoms with E-state index in [1.54, 1.807) is 14.2 Å². The second kappa shape index (κ2) is 23.6. The zero-order valence-corrected chi connectivity index (χ0v) is 43.0. The zero-order chi connectivity index (χ0) is 49.1. The Labute approximate surface area is 398 Å². The Bertz CT molecular complexity index is 2180. The van der Waals surface area contributed by atoms with E-state index in [0.29, 0.717) is 17.2 Å². The van der Waals surface area contributed by atoms with Crippen LogP contribution in [-0.2, 0) is 39.9 Å². The molecule has 4 aromatic carbocycles. The highest BCUT2D eigenvalue weighted by Crippen LogP contribution is 2.52. The summed E-state index contributed by atoms with van der Waals surface area (Å²) in [6.45, 7) is 18.8. The van der Waals surface area contributed by atoms with Gasteiger partial charge in [0.2, 0.25) is 0 Å². The van der Waals surface area contributed by atoms with Crippen LogP contribution in [0.25, 0.3) is 0 Å². The second-order valence-electron chi connectivity index (χ2n) is 18.2. The quantitative estimate of drug-likeness (QED) is 0.0163. The Kier molecular flexibility index (Phi) is 18.7. The van der Waals surface area contributed by atoms with Gasteiger partial charge in [-0.15, -0.1) is 0 Å². The van der Waals surface area contributed by atoms with Gasteiger partial charge in [-0.05, 0) is 92.8 Å². The van der Waals surface area contributed by atoms with Crippen molar-refractivity contribution in [3.05, 3.63) is 123 Å². The summed E-state index contributed by atoms with van der Waals surface area (Å²) in [5.41, 5.74) is 1.28. The first-order chi connectivity index (χ1) is 31.8. The van der Waals surface area contributed by atoms with Gasteiger partial charge in [-0.1, -0.05) is 75.4 Å². The van der Waals surface area contributed by atoms with E-state index in [9.17, 15) is 15.4 Å². The van der Waals surface area contributed by atoms with Crippen molar-refractivity contribution < 1.29 is 51.6 Å². The van der Waals surface area contributed by atoms with Gasteiger partial charge in [-0.25, -0.2) is 4.67 Å². The molecule has 4 aromatic rings. The minimum atomic E-state index is -2.68. The molecule has 17 heteroatoms. The fourth-order valence-electron chi connectivity index (χ4n) is 7.78. The SMILES string of the molecule is COc1ccc(C(OC[C@H]2O[C@H](OCc3cc(OC)c(OC)cc3[N+](=O)[O-])[C@H](O[Si](C)(C)C(C)(C)C)[C@@H]2OP(OCCC#N)N(C(C)C)C(C)C)(c2ccccc2)c2ccc(OC)cc2)cc1. The summed E-state index contributed by atoms with van der Waals surface area (Å²) in [5.74, 6) is 1.87. The number of benzene rings is 4. The Morgan fingerprint density at radius 1 is 0.806 bits per heavy atom. The Hall–Kier alpha value is -4.66. The van der Waals surface area contributed by atoms with Crippen molar-refractivity contribution in [2.24, 2.45) is 0 Å². The monoisotopic (exact) mass is 961 g/mol. The van der Waals surface area contributed by atoms with Crippen LogP contribution in [0.15, 0.2) is 91.0 Å². The first-order valence-corrected chi connectivity index (χ1v) is 26.5. The lowest BCUT2D eigenvalue weighted by Gasteiger charge is -2.42. The average Bonchev–Trinajstić information content (AvgIpc) is 3.61. The lowest BCUT2D eigenvalue weighted by molar-refractivity contribution is -0.386. The van der Waals surface area contributed by atoms with Crippen LogP contribution in [0.3, 0.4) is 0 Å². The van der Waals surface area contributed by atoms with Gasteiger partial charge in [0.25, 0.3) is 14.2 Å². The topological polar surface area (TPSA) is 162 Å². The maximum Gasteiger partial charge on any atom is 0.278 e. The molecule has 1 unspecified atom stereocenters. The summed E-state index contributed by atoms with van der Waals surface area (Å²) in [4.78, 5) is 12.0. The fraction of sp³-hybridized carbons (Fsp3) is 0.500. The molecule has 1 saturated heterocycles. The van der Waals surface area contributed by atoms with Gasteiger partial charge in [0.1, 0.15) is 35.4 Å². The number of ether oxygens (including phenoxy) is 7. The number of nitrogens with zero attached hydrogens (tertiary/aromatic N) is 3. The van der Waals surface area contributed by atoms with E-state index in [1.807, 2.05) is 78.9 Å². The van der Waals surface area contributed by atoms with Gasteiger partial charge >= 0.3 is 0 Å². The Morgan fingerprint density at radius 2 is 1.34 bits per heavy atom. The number of nitro groups is 1. The van der Waals surface area contributed by atoms with E-state index in [4.69, 9.17) is 46.6 Å². The van der Waals surface area contributed by atoms with Crippen LogP contribution in [0.4, 0.5) is 5.69 Å². The Balaban J connectivity index is 1.71. The predicted molar refractivity (Wildman–Crippen MR) is 260 cm³/mol. The third-order valence-corrected chi connectivity index (χ3v) is 18.8. The first kappa shape index (κ1) is 53.3. The number of nitro benzene ring substituents is 1. The van der Waals surface area contributed by atoms with Crippen molar-refractivity contribution in [3.8, 4) is 29.1 Å². The Morgan fingerprint density at radius 3 is 1.82 bits per heavy atom. The van der Waals surface area contributed by atoms with Gasteiger partial charge in [0.15, 0.2) is 26.1 Å². The third-order valence-electron chi connectivity index (χ3n) is 12.2. The summed E-state index contributed by atoms with van der Waals surface area (Å²) in [6.07, 6.45) is -3.59. The van der Waals surface area contributed by atoms with Crippen molar-refractivity contribution >= 4 is 22.5 Å². The smallest absolute Gasteiger partial charge is 0.278 e. The minimum absolute atomic E-state index is 0.0153. The van der Waals surface area contributed by atoms with Gasteiger partial charge in [0, 0.05) is 12.1 Å². The highest BCUT2D eigenvalue weighted by atomic mass is 31.2. The minimum Gasteiger partial charge on any atom is -0.497 e. The van der Waals surface area contributed by atoms with E-state index >= 15 is 0 Å². The first-order valence-electron chi connectivity index (χ1n) is 22.4.